The molecule has 9 aromatic carbocycles. The molecule has 0 radical (unpaired) electrons. The van der Waals surface area contributed by atoms with Gasteiger partial charge in [0.1, 0.15) is 0 Å². The van der Waals surface area contributed by atoms with Gasteiger partial charge < -0.3 is 13.7 Å². The molecule has 3 nitrogen and oxygen atoms in total. The van der Waals surface area contributed by atoms with Crippen LogP contribution in [0.2, 0.25) is 0 Å². The molecule has 83 heavy (non-hydrogen) atoms. The Balaban J connectivity index is 1.10. The first-order valence-electron chi connectivity index (χ1n) is 31.0. The summed E-state index contributed by atoms with van der Waals surface area (Å²) >= 11 is 0. The van der Waals surface area contributed by atoms with E-state index in [-0.39, 0.29) is 39.2 Å². The summed E-state index contributed by atoms with van der Waals surface area (Å²) in [6.07, 6.45) is 2.37. The molecule has 3 aromatic heterocycles. The van der Waals surface area contributed by atoms with Gasteiger partial charge in [-0.25, -0.2) is 0 Å². The highest BCUT2D eigenvalue weighted by molar-refractivity contribution is 7.24. The van der Waals surface area contributed by atoms with Crippen molar-refractivity contribution in [1.29, 1.82) is 0 Å². The Kier molecular flexibility index (Phi) is 9.26. The molecule has 12 aromatic rings. The lowest BCUT2D eigenvalue weighted by Crippen LogP contribution is -2.77. The predicted octanol–water partition coefficient (Wildman–Crippen LogP) is 15.3. The summed E-state index contributed by atoms with van der Waals surface area (Å²) in [5, 5.41) is 14.3. The Morgan fingerprint density at radius 2 is 0.928 bits per heavy atom. The van der Waals surface area contributed by atoms with E-state index < -0.39 is 8.07 Å². The maximum Gasteiger partial charge on any atom is 0.252 e. The van der Waals surface area contributed by atoms with Crippen molar-refractivity contribution in [2.75, 3.05) is 0 Å². The number of hydrogen-bond acceptors (Lipinski definition) is 0. The van der Waals surface area contributed by atoms with Crippen molar-refractivity contribution in [3.8, 4) is 28.2 Å². The Morgan fingerprint density at radius 3 is 1.54 bits per heavy atom. The molecule has 17 rings (SSSR count). The molecule has 410 valence electrons. The molecule has 4 aliphatic heterocycles. The van der Waals surface area contributed by atoms with Crippen LogP contribution in [0.1, 0.15) is 157 Å². The van der Waals surface area contributed by atoms with Crippen LogP contribution in [0, 0.1) is 0 Å². The number of hydrogen-bond donors (Lipinski definition) is 0. The zero-order valence-corrected chi connectivity index (χ0v) is 52.7. The number of para-hydroxylation sites is 2. The minimum absolute atomic E-state index is 0.0418. The van der Waals surface area contributed by atoms with Gasteiger partial charge in [0.25, 0.3) is 6.71 Å². The average molecular weight is 1090 g/mol. The first kappa shape index (κ1) is 50.2. The van der Waals surface area contributed by atoms with E-state index in [0.29, 0.717) is 0 Å². The molecule has 0 fully saturated rings. The van der Waals surface area contributed by atoms with E-state index in [1.54, 1.807) is 15.6 Å². The number of fused-ring (bicyclic) bond motifs is 19. The Morgan fingerprint density at radius 1 is 0.398 bits per heavy atom. The summed E-state index contributed by atoms with van der Waals surface area (Å²) in [4.78, 5) is 0. The standard InChI is InChI=1S/C78H76BN3Si/c1-73(2,3)43-25-28-48-49-29-26-44(74(4,5)6)39-64(49)83(63(48)38-43)62-32-31-60-68-72(62)82-69-52(53-36-46(76(10,11)12)40-65(83)70(53)82)35-45(75(7,8)9)37-56(69)79(68)57-42-61-66(67-51-22-18-20-24-59(51)81(60)71(57)67)50-21-17-19-23-58(50)80(61)47-27-30-54-55(41-47)78(15,16)34-33-77(54,13)14/h17-32,35-42H,33-34H2,1-16H3. The van der Waals surface area contributed by atoms with E-state index in [9.17, 15) is 0 Å². The van der Waals surface area contributed by atoms with Crippen LogP contribution in [-0.2, 0) is 32.5 Å². The molecule has 1 aliphatic carbocycles. The second-order valence-electron chi connectivity index (χ2n) is 31.6. The van der Waals surface area contributed by atoms with E-state index in [4.69, 9.17) is 0 Å². The van der Waals surface area contributed by atoms with Crippen molar-refractivity contribution in [2.24, 2.45) is 0 Å². The molecule has 0 atom stereocenters. The molecule has 0 N–H and O–H groups in total. The fraction of sp³-hybridized carbons (Fsp3) is 0.308. The van der Waals surface area contributed by atoms with Gasteiger partial charge in [-0.3, -0.25) is 0 Å². The maximum absolute atomic E-state index is 3.20. The van der Waals surface area contributed by atoms with Gasteiger partial charge in [0, 0.05) is 54.9 Å². The molecular formula is C78H76BN3Si. The zero-order valence-electron chi connectivity index (χ0n) is 51.7. The van der Waals surface area contributed by atoms with Gasteiger partial charge >= 0.3 is 0 Å². The lowest BCUT2D eigenvalue weighted by Gasteiger charge is -2.43. The third kappa shape index (κ3) is 6.13. The van der Waals surface area contributed by atoms with Gasteiger partial charge in [-0.1, -0.05) is 208 Å². The quantitative estimate of drug-likeness (QED) is 0.146. The van der Waals surface area contributed by atoms with Gasteiger partial charge in [0.05, 0.1) is 27.6 Å². The largest absolute Gasteiger partial charge is 0.310 e. The zero-order chi connectivity index (χ0) is 57.5. The summed E-state index contributed by atoms with van der Waals surface area (Å²) in [6, 6.07) is 60.3. The normalized spacial score (nSPS) is 16.8. The van der Waals surface area contributed by atoms with Crippen LogP contribution in [-0.4, -0.2) is 28.5 Å². The van der Waals surface area contributed by atoms with Crippen LogP contribution in [0.15, 0.2) is 146 Å². The van der Waals surface area contributed by atoms with E-state index in [0.717, 1.165) is 0 Å². The van der Waals surface area contributed by atoms with Crippen molar-refractivity contribution >= 4 is 117 Å². The summed E-state index contributed by atoms with van der Waals surface area (Å²) in [7, 11) is -3.20. The van der Waals surface area contributed by atoms with E-state index in [2.05, 4.69) is 270 Å². The molecule has 5 aliphatic rings. The minimum atomic E-state index is -3.20. The molecule has 7 heterocycles. The average Bonchev–Trinajstić information content (AvgIpc) is 1.86. The summed E-state index contributed by atoms with van der Waals surface area (Å²) in [5.41, 5.74) is 27.6. The van der Waals surface area contributed by atoms with Gasteiger partial charge in [-0.2, -0.15) is 0 Å². The second kappa shape index (κ2) is 15.3. The van der Waals surface area contributed by atoms with E-state index in [1.165, 1.54) is 161 Å². The Labute approximate surface area is 491 Å². The van der Waals surface area contributed by atoms with Crippen molar-refractivity contribution in [3.63, 3.8) is 0 Å². The topological polar surface area (TPSA) is 14.8 Å². The number of nitrogens with zero attached hydrogens (tertiary/aromatic N) is 3. The predicted molar refractivity (Wildman–Crippen MR) is 360 cm³/mol. The van der Waals surface area contributed by atoms with Crippen molar-refractivity contribution < 1.29 is 0 Å². The van der Waals surface area contributed by atoms with Gasteiger partial charge in [0.2, 0.25) is 0 Å². The van der Waals surface area contributed by atoms with Crippen molar-refractivity contribution in [1.82, 2.24) is 13.7 Å². The molecule has 5 heteroatoms. The monoisotopic (exact) mass is 1090 g/mol. The highest BCUT2D eigenvalue weighted by Crippen LogP contribution is 2.50. The Hall–Kier alpha value is -7.34. The van der Waals surface area contributed by atoms with Crippen LogP contribution in [0.4, 0.5) is 0 Å². The molecule has 0 bridgehead atoms. The Bertz CT molecular complexity index is 4950. The lowest BCUT2D eigenvalue weighted by molar-refractivity contribution is 0.332. The minimum Gasteiger partial charge on any atom is -0.310 e. The van der Waals surface area contributed by atoms with Crippen LogP contribution in [0.25, 0.3) is 93.6 Å². The van der Waals surface area contributed by atoms with Crippen molar-refractivity contribution in [3.05, 3.63) is 179 Å². The molecule has 0 saturated carbocycles. The number of benzene rings is 9. The summed E-state index contributed by atoms with van der Waals surface area (Å²) in [5.74, 6) is 0. The van der Waals surface area contributed by atoms with Crippen LogP contribution >= 0.6 is 0 Å². The smallest absolute Gasteiger partial charge is 0.252 e. The summed E-state index contributed by atoms with van der Waals surface area (Å²) < 4.78 is 8.25. The van der Waals surface area contributed by atoms with Crippen molar-refractivity contribution in [2.45, 2.75) is 156 Å². The third-order valence-corrected chi connectivity index (χ3v) is 26.5. The number of aromatic nitrogens is 3. The molecule has 0 amide bonds. The molecular weight excluding hydrogens is 1020 g/mol. The fourth-order valence-corrected chi connectivity index (χ4v) is 22.7. The van der Waals surface area contributed by atoms with E-state index in [1.807, 2.05) is 0 Å². The third-order valence-electron chi connectivity index (χ3n) is 21.7. The van der Waals surface area contributed by atoms with Gasteiger partial charge in [0.15, 0.2) is 8.07 Å². The van der Waals surface area contributed by atoms with Crippen LogP contribution in [0.3, 0.4) is 0 Å². The highest BCUT2D eigenvalue weighted by Gasteiger charge is 2.57. The number of rotatable bonds is 1. The van der Waals surface area contributed by atoms with Crippen LogP contribution in [0.5, 0.6) is 0 Å². The lowest BCUT2D eigenvalue weighted by atomic mass is 9.34. The van der Waals surface area contributed by atoms with Gasteiger partial charge in [-0.05, 0) is 176 Å². The second-order valence-corrected chi connectivity index (χ2v) is 35.3. The fourth-order valence-electron chi connectivity index (χ4n) is 17.1. The summed E-state index contributed by atoms with van der Waals surface area (Å²) in [6.45, 7) is 38.9. The van der Waals surface area contributed by atoms with Crippen LogP contribution < -0.4 is 37.1 Å². The highest BCUT2D eigenvalue weighted by atomic mass is 28.3. The molecule has 0 unspecified atom stereocenters. The van der Waals surface area contributed by atoms with E-state index >= 15 is 0 Å². The molecule has 0 saturated heterocycles. The SMILES string of the molecule is CC(C)(C)c1ccc2c(c1)[Si]1(c3cc(C(C)(C)C)ccc3-2)c2ccc3c4c2-n2c5c(cc(C(C)(C)C)cc5c5cc(C(C)(C)C)cc1c52)B4c1cc2c(c4ccccc4n2-c2ccc4c(c2)C(C)(C)CCC4(C)C)c2c4ccccc4n-3c12. The van der Waals surface area contributed by atoms with Gasteiger partial charge in [-0.15, -0.1) is 0 Å². The maximum atomic E-state index is 2.86. The molecule has 1 spiro atoms. The first-order chi connectivity index (χ1) is 39.2. The first-order valence-corrected chi connectivity index (χ1v) is 33.0.